The minimum atomic E-state index is -0.610. The Labute approximate surface area is 450 Å². The molecule has 2 nitrogen and oxygen atoms in total. The molecule has 1 atom stereocenters. The second-order valence-corrected chi connectivity index (χ2v) is 22.1. The first-order valence-electron chi connectivity index (χ1n) is 26.7. The summed E-state index contributed by atoms with van der Waals surface area (Å²) in [4.78, 5) is 2.56. The van der Waals surface area contributed by atoms with Crippen molar-refractivity contribution in [2.24, 2.45) is 0 Å². The zero-order chi connectivity index (χ0) is 50.4. The van der Waals surface area contributed by atoms with Gasteiger partial charge in [-0.2, -0.15) is 0 Å². The van der Waals surface area contributed by atoms with Crippen LogP contribution in [0.25, 0.3) is 81.0 Å². The average Bonchev–Trinajstić information content (AvgIpc) is 4.03. The molecule has 1 spiro atoms. The summed E-state index contributed by atoms with van der Waals surface area (Å²) in [6, 6.07) is 105. The van der Waals surface area contributed by atoms with Gasteiger partial charge in [0.05, 0.1) is 33.2 Å². The highest BCUT2D eigenvalue weighted by molar-refractivity contribution is 7.25. The molecule has 0 saturated heterocycles. The summed E-state index contributed by atoms with van der Waals surface area (Å²) in [5.74, 6) is 0. The van der Waals surface area contributed by atoms with E-state index in [1.807, 2.05) is 11.3 Å². The van der Waals surface area contributed by atoms with Gasteiger partial charge in [0.1, 0.15) is 0 Å². The molecular weight excluding hydrogens is 949 g/mol. The molecule has 3 heteroatoms. The average molecular weight is 995 g/mol. The monoisotopic (exact) mass is 994 g/mol. The molecule has 3 heterocycles. The van der Waals surface area contributed by atoms with Crippen molar-refractivity contribution < 1.29 is 0 Å². The lowest BCUT2D eigenvalue weighted by molar-refractivity contribution is 0.748. The number of fused-ring (bicyclic) bond motifs is 18. The molecule has 2 aliphatic carbocycles. The fourth-order valence-electron chi connectivity index (χ4n) is 14.6. The molecule has 17 rings (SSSR count). The normalized spacial score (nSPS) is 15.2. The van der Waals surface area contributed by atoms with Crippen molar-refractivity contribution in [2.45, 2.75) is 10.8 Å². The fourth-order valence-corrected chi connectivity index (χ4v) is 15.7. The SMILES string of the molecule is c1ccc(C2(c3ccccc3)c3ccccc3-c3c(N(c4ccc(-c5cccc6sc7ccccc7c56)cc4)c4ccc5c(c4)C4(c6ccccc6-5)c5ccccc5-n5c6ccccc6c6cccc4c65)cccc32)cc1. The molecular formula is C74H46N2S. The predicted molar refractivity (Wildman–Crippen MR) is 322 cm³/mol. The molecule has 2 aromatic heterocycles. The van der Waals surface area contributed by atoms with Gasteiger partial charge in [0.15, 0.2) is 0 Å². The second kappa shape index (κ2) is 16.0. The highest BCUT2D eigenvalue weighted by Gasteiger charge is 2.52. The molecule has 3 aliphatic rings. The smallest absolute Gasteiger partial charge is 0.0755 e. The molecule has 358 valence electrons. The van der Waals surface area contributed by atoms with Crippen LogP contribution in [0.1, 0.15) is 44.5 Å². The standard InChI is InChI=1S/C74H46N2S/c1-3-20-48(21-4-1)73(49-22-5-2-6-23-49)60-31-12-8-26-57(60)71-62(73)33-19-37-67(71)75(50-42-40-47(41-43-50)52-28-18-39-69-70(52)58-27-10-16-38-68(58)77-69)51-44-45-54-53-24-7-11-30-59(53)74(64(54)46-51)61-32-13-15-36-66(61)76-65-35-14-9-25-55(65)56-29-17-34-63(74)72(56)76/h1-46H. The zero-order valence-corrected chi connectivity index (χ0v) is 42.7. The largest absolute Gasteiger partial charge is 0.310 e. The summed E-state index contributed by atoms with van der Waals surface area (Å²) in [5.41, 5.74) is 23.7. The fraction of sp³-hybridized carbons (Fsp3) is 0.0270. The summed E-state index contributed by atoms with van der Waals surface area (Å²) in [5, 5.41) is 5.18. The van der Waals surface area contributed by atoms with Crippen molar-refractivity contribution in [3.8, 4) is 39.1 Å². The van der Waals surface area contributed by atoms with E-state index in [0.29, 0.717) is 0 Å². The highest BCUT2D eigenvalue weighted by atomic mass is 32.1. The van der Waals surface area contributed by atoms with E-state index < -0.39 is 10.8 Å². The maximum Gasteiger partial charge on any atom is 0.0755 e. The van der Waals surface area contributed by atoms with Crippen LogP contribution in [0.5, 0.6) is 0 Å². The molecule has 1 aliphatic heterocycles. The van der Waals surface area contributed by atoms with Crippen LogP contribution < -0.4 is 4.90 Å². The third kappa shape index (κ3) is 5.58. The Kier molecular flexibility index (Phi) is 8.88. The van der Waals surface area contributed by atoms with Gasteiger partial charge in [-0.3, -0.25) is 0 Å². The van der Waals surface area contributed by atoms with Crippen LogP contribution in [0, 0.1) is 0 Å². The number of para-hydroxylation sites is 3. The van der Waals surface area contributed by atoms with Gasteiger partial charge < -0.3 is 9.47 Å². The number of thiophene rings is 1. The topological polar surface area (TPSA) is 8.17 Å². The maximum absolute atomic E-state index is 2.56. The first kappa shape index (κ1) is 42.8. The van der Waals surface area contributed by atoms with Crippen LogP contribution in [0.3, 0.4) is 0 Å². The number of hydrogen-bond donors (Lipinski definition) is 0. The molecule has 1 unspecified atom stereocenters. The summed E-state index contributed by atoms with van der Waals surface area (Å²) in [6.07, 6.45) is 0. The lowest BCUT2D eigenvalue weighted by atomic mass is 9.65. The van der Waals surface area contributed by atoms with Crippen molar-refractivity contribution in [3.05, 3.63) is 324 Å². The molecule has 77 heavy (non-hydrogen) atoms. The van der Waals surface area contributed by atoms with Crippen molar-refractivity contribution >= 4 is 70.4 Å². The summed E-state index contributed by atoms with van der Waals surface area (Å²) in [6.45, 7) is 0. The van der Waals surface area contributed by atoms with Crippen molar-refractivity contribution in [3.63, 3.8) is 0 Å². The third-order valence-electron chi connectivity index (χ3n) is 17.5. The number of rotatable bonds is 6. The molecule has 14 aromatic rings. The van der Waals surface area contributed by atoms with E-state index in [0.717, 1.165) is 17.1 Å². The van der Waals surface area contributed by atoms with E-state index in [-0.39, 0.29) is 0 Å². The first-order valence-corrected chi connectivity index (χ1v) is 27.6. The van der Waals surface area contributed by atoms with Gasteiger partial charge in [0.2, 0.25) is 0 Å². The van der Waals surface area contributed by atoms with E-state index in [9.17, 15) is 0 Å². The number of nitrogens with zero attached hydrogens (tertiary/aromatic N) is 2. The van der Waals surface area contributed by atoms with Crippen LogP contribution in [0.15, 0.2) is 279 Å². The van der Waals surface area contributed by atoms with Gasteiger partial charge in [-0.25, -0.2) is 0 Å². The maximum atomic E-state index is 2.56. The Morgan fingerprint density at radius 3 is 1.70 bits per heavy atom. The van der Waals surface area contributed by atoms with Crippen LogP contribution in [0.4, 0.5) is 17.1 Å². The van der Waals surface area contributed by atoms with E-state index in [4.69, 9.17) is 0 Å². The molecule has 12 aromatic carbocycles. The van der Waals surface area contributed by atoms with Gasteiger partial charge in [0.25, 0.3) is 0 Å². The van der Waals surface area contributed by atoms with Crippen LogP contribution in [0.2, 0.25) is 0 Å². The Morgan fingerprint density at radius 2 is 0.896 bits per heavy atom. The minimum Gasteiger partial charge on any atom is -0.310 e. The predicted octanol–water partition coefficient (Wildman–Crippen LogP) is 19.3. The molecule has 0 N–H and O–H groups in total. The van der Waals surface area contributed by atoms with Gasteiger partial charge >= 0.3 is 0 Å². The molecule has 0 saturated carbocycles. The Morgan fingerprint density at radius 1 is 0.338 bits per heavy atom. The van der Waals surface area contributed by atoms with Gasteiger partial charge in [-0.1, -0.05) is 224 Å². The highest BCUT2D eigenvalue weighted by Crippen LogP contribution is 2.63. The van der Waals surface area contributed by atoms with Crippen molar-refractivity contribution in [1.82, 2.24) is 4.57 Å². The van der Waals surface area contributed by atoms with Gasteiger partial charge in [-0.15, -0.1) is 11.3 Å². The first-order chi connectivity index (χ1) is 38.2. The summed E-state index contributed by atoms with van der Waals surface area (Å²) in [7, 11) is 0. The van der Waals surface area contributed by atoms with Gasteiger partial charge in [-0.05, 0) is 127 Å². The van der Waals surface area contributed by atoms with Crippen LogP contribution in [-0.4, -0.2) is 4.57 Å². The van der Waals surface area contributed by atoms with Crippen LogP contribution in [-0.2, 0) is 10.8 Å². The van der Waals surface area contributed by atoms with Crippen LogP contribution >= 0.6 is 11.3 Å². The molecule has 0 radical (unpaired) electrons. The summed E-state index contributed by atoms with van der Waals surface area (Å²) >= 11 is 1.87. The lowest BCUT2D eigenvalue weighted by Crippen LogP contribution is -2.33. The van der Waals surface area contributed by atoms with Crippen molar-refractivity contribution in [2.75, 3.05) is 4.90 Å². The number of anilines is 3. The van der Waals surface area contributed by atoms with Crippen molar-refractivity contribution in [1.29, 1.82) is 0 Å². The number of aromatic nitrogens is 1. The quantitative estimate of drug-likeness (QED) is 0.161. The lowest BCUT2D eigenvalue weighted by Gasteiger charge is -2.40. The molecule has 0 fully saturated rings. The summed E-state index contributed by atoms with van der Waals surface area (Å²) < 4.78 is 5.16. The molecule has 0 amide bonds. The number of benzene rings is 12. The Hall–Kier alpha value is -9.54. The minimum absolute atomic E-state index is 0.561. The number of hydrogen-bond acceptors (Lipinski definition) is 2. The zero-order valence-electron chi connectivity index (χ0n) is 41.9. The van der Waals surface area contributed by atoms with E-state index in [1.165, 1.54) is 126 Å². The van der Waals surface area contributed by atoms with Gasteiger partial charge in [0, 0.05) is 47.9 Å². The second-order valence-electron chi connectivity index (χ2n) is 21.0. The van der Waals surface area contributed by atoms with E-state index in [1.54, 1.807) is 0 Å². The third-order valence-corrected chi connectivity index (χ3v) is 18.6. The molecule has 0 bridgehead atoms. The van der Waals surface area contributed by atoms with E-state index >= 15 is 0 Å². The Balaban J connectivity index is 0.955. The Bertz CT molecular complexity index is 4710. The van der Waals surface area contributed by atoms with E-state index in [2.05, 4.69) is 289 Å².